The first-order chi connectivity index (χ1) is 7.65. The average molecular weight is 219 g/mol. The second kappa shape index (κ2) is 6.09. The van der Waals surface area contributed by atoms with Crippen molar-refractivity contribution in [2.75, 3.05) is 18.5 Å². The molecule has 1 aromatic rings. The fourth-order valence-corrected chi connectivity index (χ4v) is 1.40. The number of rotatable bonds is 5. The monoisotopic (exact) mass is 219 g/mol. The van der Waals surface area contributed by atoms with E-state index in [0.717, 1.165) is 11.5 Å². The molecule has 86 valence electrons. The van der Waals surface area contributed by atoms with Gasteiger partial charge in [0.2, 0.25) is 0 Å². The van der Waals surface area contributed by atoms with Crippen LogP contribution in [0, 0.1) is 18.3 Å². The smallest absolute Gasteiger partial charge is 0.127 e. The van der Waals surface area contributed by atoms with Crippen LogP contribution < -0.4 is 5.32 Å². The van der Waals surface area contributed by atoms with Crippen LogP contribution in [0.5, 0.6) is 0 Å². The number of hydrogen-bond donors (Lipinski definition) is 1. The van der Waals surface area contributed by atoms with Crippen LogP contribution in [-0.2, 0) is 4.74 Å². The summed E-state index contributed by atoms with van der Waals surface area (Å²) in [6, 6.07) is 5.80. The van der Waals surface area contributed by atoms with E-state index in [1.54, 1.807) is 12.1 Å². The molecule has 1 rings (SSSR count). The number of nitrogens with zero attached hydrogens (tertiary/aromatic N) is 2. The maximum absolute atomic E-state index is 8.83. The lowest BCUT2D eigenvalue weighted by atomic mass is 10.2. The lowest BCUT2D eigenvalue weighted by Crippen LogP contribution is -2.22. The molecule has 0 aliphatic carbocycles. The maximum Gasteiger partial charge on any atom is 0.127 e. The molecule has 1 aromatic heterocycles. The highest BCUT2D eigenvalue weighted by atomic mass is 16.5. The Kier molecular flexibility index (Phi) is 4.74. The molecule has 4 heteroatoms. The molecular weight excluding hydrogens is 202 g/mol. The summed E-state index contributed by atoms with van der Waals surface area (Å²) in [5.74, 6) is 0.726. The number of nitrogens with one attached hydrogen (secondary N) is 1. The van der Waals surface area contributed by atoms with Crippen molar-refractivity contribution in [1.29, 1.82) is 5.26 Å². The summed E-state index contributed by atoms with van der Waals surface area (Å²) in [5, 5.41) is 12.0. The van der Waals surface area contributed by atoms with Crippen LogP contribution >= 0.6 is 0 Å². The number of nitriles is 1. The molecule has 0 aliphatic heterocycles. The normalized spacial score (nSPS) is 11.9. The lowest BCUT2D eigenvalue weighted by molar-refractivity contribution is 0.141. The summed E-state index contributed by atoms with van der Waals surface area (Å²) in [6.45, 7) is 7.20. The zero-order valence-corrected chi connectivity index (χ0v) is 9.95. The van der Waals surface area contributed by atoms with E-state index >= 15 is 0 Å². The fraction of sp³-hybridized carbons (Fsp3) is 0.500. The molecule has 0 aromatic carbocycles. The Hall–Kier alpha value is -1.60. The number of pyridine rings is 1. The van der Waals surface area contributed by atoms with Gasteiger partial charge in [-0.05, 0) is 32.9 Å². The summed E-state index contributed by atoms with van der Waals surface area (Å²) in [6.07, 6.45) is 0. The van der Waals surface area contributed by atoms with E-state index in [0.29, 0.717) is 18.8 Å². The topological polar surface area (TPSA) is 57.9 Å². The van der Waals surface area contributed by atoms with Gasteiger partial charge in [-0.2, -0.15) is 5.26 Å². The molecule has 1 N–H and O–H groups in total. The highest BCUT2D eigenvalue weighted by Crippen LogP contribution is 2.10. The van der Waals surface area contributed by atoms with Gasteiger partial charge in [0.1, 0.15) is 5.82 Å². The number of aromatic nitrogens is 1. The second-order valence-electron chi connectivity index (χ2n) is 3.70. The molecule has 4 nitrogen and oxygen atoms in total. The first-order valence-electron chi connectivity index (χ1n) is 5.38. The quantitative estimate of drug-likeness (QED) is 0.824. The molecule has 0 amide bonds. The van der Waals surface area contributed by atoms with Gasteiger partial charge >= 0.3 is 0 Å². The molecule has 0 bridgehead atoms. The molecule has 0 fully saturated rings. The molecule has 1 heterocycles. The zero-order valence-electron chi connectivity index (χ0n) is 9.95. The number of ether oxygens (including phenoxy) is 1. The lowest BCUT2D eigenvalue weighted by Gasteiger charge is -2.14. The van der Waals surface area contributed by atoms with E-state index in [-0.39, 0.29) is 6.04 Å². The van der Waals surface area contributed by atoms with Gasteiger partial charge in [-0.25, -0.2) is 4.98 Å². The third-order valence-corrected chi connectivity index (χ3v) is 2.05. The Morgan fingerprint density at radius 2 is 2.31 bits per heavy atom. The average Bonchev–Trinajstić information content (AvgIpc) is 2.25. The van der Waals surface area contributed by atoms with E-state index in [1.165, 1.54) is 0 Å². The molecule has 0 spiro atoms. The fourth-order valence-electron chi connectivity index (χ4n) is 1.40. The largest absolute Gasteiger partial charge is 0.380 e. The maximum atomic E-state index is 8.83. The van der Waals surface area contributed by atoms with Crippen molar-refractivity contribution in [2.24, 2.45) is 0 Å². The minimum atomic E-state index is 0.181. The summed E-state index contributed by atoms with van der Waals surface area (Å²) < 4.78 is 5.30. The summed E-state index contributed by atoms with van der Waals surface area (Å²) in [5.41, 5.74) is 1.46. The van der Waals surface area contributed by atoms with E-state index < -0.39 is 0 Å². The Balaban J connectivity index is 2.66. The van der Waals surface area contributed by atoms with Crippen molar-refractivity contribution < 1.29 is 4.74 Å². The van der Waals surface area contributed by atoms with Crippen molar-refractivity contribution in [3.63, 3.8) is 0 Å². The highest BCUT2D eigenvalue weighted by molar-refractivity contribution is 5.44. The van der Waals surface area contributed by atoms with Crippen LogP contribution in [0.4, 0.5) is 5.82 Å². The number of aryl methyl sites for hydroxylation is 1. The molecule has 1 atom stereocenters. The Morgan fingerprint density at radius 3 is 2.94 bits per heavy atom. The molecule has 1 unspecified atom stereocenters. The van der Waals surface area contributed by atoms with Crippen molar-refractivity contribution in [2.45, 2.75) is 26.8 Å². The van der Waals surface area contributed by atoms with Crippen molar-refractivity contribution >= 4 is 5.82 Å². The van der Waals surface area contributed by atoms with E-state index in [2.05, 4.69) is 16.4 Å². The van der Waals surface area contributed by atoms with Gasteiger partial charge in [0.15, 0.2) is 0 Å². The third kappa shape index (κ3) is 3.87. The summed E-state index contributed by atoms with van der Waals surface area (Å²) in [7, 11) is 0. The van der Waals surface area contributed by atoms with Crippen LogP contribution in [0.1, 0.15) is 25.1 Å². The van der Waals surface area contributed by atoms with Crippen LogP contribution in [0.2, 0.25) is 0 Å². The van der Waals surface area contributed by atoms with Crippen LogP contribution in [0.3, 0.4) is 0 Å². The van der Waals surface area contributed by atoms with Gasteiger partial charge in [-0.1, -0.05) is 0 Å². The predicted octanol–water partition coefficient (Wildman–Crippen LogP) is 2.10. The number of hydrogen-bond acceptors (Lipinski definition) is 4. The van der Waals surface area contributed by atoms with Crippen molar-refractivity contribution in [1.82, 2.24) is 4.98 Å². The molecule has 0 radical (unpaired) electrons. The Labute approximate surface area is 96.3 Å². The molecular formula is C12H17N3O. The van der Waals surface area contributed by atoms with Gasteiger partial charge in [0.25, 0.3) is 0 Å². The van der Waals surface area contributed by atoms with E-state index in [4.69, 9.17) is 10.00 Å². The number of anilines is 1. The van der Waals surface area contributed by atoms with Crippen LogP contribution in [-0.4, -0.2) is 24.2 Å². The molecule has 0 saturated carbocycles. The standard InChI is InChI=1S/C12H17N3O/c1-4-16-8-10(3)15-12-6-11(7-13)5-9(2)14-12/h5-6,10H,4,8H2,1-3H3,(H,14,15). The SMILES string of the molecule is CCOCC(C)Nc1cc(C#N)cc(C)n1. The van der Waals surface area contributed by atoms with Crippen LogP contribution in [0.15, 0.2) is 12.1 Å². The van der Waals surface area contributed by atoms with Gasteiger partial charge in [-0.3, -0.25) is 0 Å². The van der Waals surface area contributed by atoms with Gasteiger partial charge < -0.3 is 10.1 Å². The zero-order chi connectivity index (χ0) is 12.0. The molecule has 16 heavy (non-hydrogen) atoms. The van der Waals surface area contributed by atoms with E-state index in [1.807, 2.05) is 20.8 Å². The Morgan fingerprint density at radius 1 is 1.56 bits per heavy atom. The molecule has 0 saturated heterocycles. The minimum Gasteiger partial charge on any atom is -0.380 e. The molecule has 0 aliphatic rings. The van der Waals surface area contributed by atoms with Crippen molar-refractivity contribution in [3.8, 4) is 6.07 Å². The first-order valence-corrected chi connectivity index (χ1v) is 5.38. The van der Waals surface area contributed by atoms with E-state index in [9.17, 15) is 0 Å². The van der Waals surface area contributed by atoms with Gasteiger partial charge in [0.05, 0.1) is 18.2 Å². The highest BCUT2D eigenvalue weighted by Gasteiger charge is 2.04. The van der Waals surface area contributed by atoms with Gasteiger partial charge in [0, 0.05) is 18.3 Å². The second-order valence-corrected chi connectivity index (χ2v) is 3.70. The predicted molar refractivity (Wildman–Crippen MR) is 63.3 cm³/mol. The minimum absolute atomic E-state index is 0.181. The summed E-state index contributed by atoms with van der Waals surface area (Å²) >= 11 is 0. The third-order valence-electron chi connectivity index (χ3n) is 2.05. The van der Waals surface area contributed by atoms with Crippen LogP contribution in [0.25, 0.3) is 0 Å². The first kappa shape index (κ1) is 12.5. The van der Waals surface area contributed by atoms with Gasteiger partial charge in [-0.15, -0.1) is 0 Å². The van der Waals surface area contributed by atoms with Crippen molar-refractivity contribution in [3.05, 3.63) is 23.4 Å². The Bertz CT molecular complexity index is 384. The summed E-state index contributed by atoms with van der Waals surface area (Å²) in [4.78, 5) is 4.31.